The van der Waals surface area contributed by atoms with E-state index >= 15 is 0 Å². The van der Waals surface area contributed by atoms with Crippen molar-refractivity contribution >= 4 is 63.2 Å². The average Bonchev–Trinajstić information content (AvgIpc) is 3.20. The summed E-state index contributed by atoms with van der Waals surface area (Å²) in [5.41, 5.74) is 1.61. The van der Waals surface area contributed by atoms with Crippen molar-refractivity contribution in [3.05, 3.63) is 86.9 Å². The van der Waals surface area contributed by atoms with Crippen LogP contribution in [0.4, 0.5) is 11.4 Å². The Kier molecular flexibility index (Phi) is 4.93. The normalized spacial score (nSPS) is 17.4. The minimum Gasteiger partial charge on any atom is -0.268 e. The topological polar surface area (TPSA) is 32.7 Å². The van der Waals surface area contributed by atoms with Gasteiger partial charge in [0.15, 0.2) is 5.17 Å². The summed E-state index contributed by atoms with van der Waals surface area (Å²) >= 11 is 8.82. The predicted molar refractivity (Wildman–Crippen MR) is 112 cm³/mol. The third-order valence-corrected chi connectivity index (χ3v) is 5.82. The number of nitrogens with zero attached hydrogens (tertiary/aromatic N) is 2. The smallest absolute Gasteiger partial charge is 0.268 e. The molecule has 1 aromatic heterocycles. The lowest BCUT2D eigenvalue weighted by molar-refractivity contribution is -0.113. The molecule has 128 valence electrons. The molecule has 0 unspecified atom stereocenters. The van der Waals surface area contributed by atoms with Gasteiger partial charge in [-0.3, -0.25) is 9.69 Å². The van der Waals surface area contributed by atoms with Gasteiger partial charge in [-0.25, -0.2) is 4.99 Å². The summed E-state index contributed by atoms with van der Waals surface area (Å²) < 4.78 is 0.699. The molecule has 1 fully saturated rings. The monoisotopic (exact) mass is 396 g/mol. The van der Waals surface area contributed by atoms with Crippen LogP contribution in [0.1, 0.15) is 4.88 Å². The fourth-order valence-electron chi connectivity index (χ4n) is 2.50. The molecule has 1 aliphatic heterocycles. The number of thiophene rings is 1. The number of amidine groups is 1. The van der Waals surface area contributed by atoms with Crippen molar-refractivity contribution in [2.75, 3.05) is 4.90 Å². The van der Waals surface area contributed by atoms with Crippen LogP contribution in [0.25, 0.3) is 6.08 Å². The summed E-state index contributed by atoms with van der Waals surface area (Å²) in [7, 11) is 0. The highest BCUT2D eigenvalue weighted by Crippen LogP contribution is 2.38. The molecule has 2 heterocycles. The van der Waals surface area contributed by atoms with Gasteiger partial charge in [-0.1, -0.05) is 48.0 Å². The van der Waals surface area contributed by atoms with E-state index in [0.717, 1.165) is 16.3 Å². The summed E-state index contributed by atoms with van der Waals surface area (Å²) in [5, 5.41) is 0.640. The van der Waals surface area contributed by atoms with E-state index in [4.69, 9.17) is 11.6 Å². The predicted octanol–water partition coefficient (Wildman–Crippen LogP) is 6.21. The van der Waals surface area contributed by atoms with Gasteiger partial charge in [-0.05, 0) is 54.2 Å². The lowest BCUT2D eigenvalue weighted by atomic mass is 10.3. The van der Waals surface area contributed by atoms with Crippen LogP contribution >= 0.6 is 34.7 Å². The Balaban J connectivity index is 1.77. The summed E-state index contributed by atoms with van der Waals surface area (Å²) in [6.45, 7) is 0. The minimum absolute atomic E-state index is 0.0830. The van der Waals surface area contributed by atoms with E-state index in [1.165, 1.54) is 23.1 Å². The summed E-state index contributed by atoms with van der Waals surface area (Å²) in [5.74, 6) is -0.0830. The number of hydrogen-bond donors (Lipinski definition) is 0. The number of anilines is 1. The van der Waals surface area contributed by atoms with Gasteiger partial charge < -0.3 is 0 Å². The molecule has 1 amide bonds. The van der Waals surface area contributed by atoms with Gasteiger partial charge in [0, 0.05) is 4.88 Å². The Hall–Kier alpha value is -2.34. The lowest BCUT2D eigenvalue weighted by Gasteiger charge is -2.15. The van der Waals surface area contributed by atoms with Crippen LogP contribution in [0.3, 0.4) is 0 Å². The van der Waals surface area contributed by atoms with E-state index in [0.29, 0.717) is 14.4 Å². The highest BCUT2D eigenvalue weighted by atomic mass is 35.5. The summed E-state index contributed by atoms with van der Waals surface area (Å²) in [4.78, 5) is 21.0. The number of hydrogen-bond acceptors (Lipinski definition) is 4. The molecule has 3 nitrogen and oxygen atoms in total. The maximum Gasteiger partial charge on any atom is 0.271 e. The van der Waals surface area contributed by atoms with Crippen molar-refractivity contribution in [1.29, 1.82) is 0 Å². The number of aliphatic imine (C=N–C) groups is 1. The molecular weight excluding hydrogens is 384 g/mol. The molecule has 1 saturated heterocycles. The van der Waals surface area contributed by atoms with Crippen molar-refractivity contribution in [2.24, 2.45) is 4.99 Å². The van der Waals surface area contributed by atoms with Gasteiger partial charge >= 0.3 is 0 Å². The fraction of sp³-hybridized carbons (Fsp3) is 0. The number of carbonyl (C=O) groups excluding carboxylic acids is 1. The molecule has 0 atom stereocenters. The minimum atomic E-state index is -0.0830. The zero-order chi connectivity index (χ0) is 17.9. The molecular formula is C20H13ClN2OS2. The zero-order valence-corrected chi connectivity index (χ0v) is 15.9. The van der Waals surface area contributed by atoms with E-state index in [1.807, 2.05) is 78.9 Å². The molecule has 3 aromatic rings. The van der Waals surface area contributed by atoms with Crippen LogP contribution in [-0.4, -0.2) is 11.1 Å². The number of rotatable bonds is 3. The highest BCUT2D eigenvalue weighted by molar-refractivity contribution is 8.19. The van der Waals surface area contributed by atoms with E-state index in [2.05, 4.69) is 4.99 Å². The molecule has 26 heavy (non-hydrogen) atoms. The van der Waals surface area contributed by atoms with Crippen LogP contribution in [0, 0.1) is 0 Å². The Bertz CT molecular complexity index is 997. The van der Waals surface area contributed by atoms with E-state index in [1.54, 1.807) is 4.90 Å². The molecule has 0 radical (unpaired) electrons. The fourth-order valence-corrected chi connectivity index (χ4v) is 4.57. The second kappa shape index (κ2) is 7.50. The number of halogens is 1. The number of carbonyl (C=O) groups is 1. The SMILES string of the molecule is O=C1/C(=C/c2ccc(Cl)s2)SC(=Nc2ccccc2)N1c1ccccc1. The van der Waals surface area contributed by atoms with Crippen molar-refractivity contribution in [3.63, 3.8) is 0 Å². The van der Waals surface area contributed by atoms with Crippen LogP contribution in [0.5, 0.6) is 0 Å². The summed E-state index contributed by atoms with van der Waals surface area (Å²) in [6, 6.07) is 22.9. The van der Waals surface area contributed by atoms with Crippen LogP contribution in [-0.2, 0) is 4.79 Å². The average molecular weight is 397 g/mol. The number of amides is 1. The van der Waals surface area contributed by atoms with Crippen molar-refractivity contribution in [1.82, 2.24) is 0 Å². The van der Waals surface area contributed by atoms with E-state index < -0.39 is 0 Å². The van der Waals surface area contributed by atoms with Crippen molar-refractivity contribution in [3.8, 4) is 0 Å². The Morgan fingerprint density at radius 3 is 2.27 bits per heavy atom. The maximum absolute atomic E-state index is 13.0. The molecule has 2 aromatic carbocycles. The Morgan fingerprint density at radius 1 is 0.923 bits per heavy atom. The van der Waals surface area contributed by atoms with Gasteiger partial charge in [0.2, 0.25) is 0 Å². The first-order valence-corrected chi connectivity index (χ1v) is 9.90. The standard InChI is InChI=1S/C20H13ClN2OS2/c21-18-12-11-16(25-18)13-17-19(24)23(15-9-5-2-6-10-15)20(26-17)22-14-7-3-1-4-8-14/h1-13H/b17-13-,22-20?. The number of thioether (sulfide) groups is 1. The maximum atomic E-state index is 13.0. The second-order valence-corrected chi connectivity index (χ2v) is 8.21. The van der Waals surface area contributed by atoms with Gasteiger partial charge in [-0.2, -0.15) is 0 Å². The van der Waals surface area contributed by atoms with Gasteiger partial charge in [0.25, 0.3) is 5.91 Å². The summed E-state index contributed by atoms with van der Waals surface area (Å²) in [6.07, 6.45) is 1.87. The first-order chi connectivity index (χ1) is 12.7. The van der Waals surface area contributed by atoms with E-state index in [-0.39, 0.29) is 5.91 Å². The molecule has 0 N–H and O–H groups in total. The third-order valence-electron chi connectivity index (χ3n) is 3.67. The molecule has 0 bridgehead atoms. The third kappa shape index (κ3) is 3.60. The molecule has 0 aliphatic carbocycles. The van der Waals surface area contributed by atoms with Crippen molar-refractivity contribution in [2.45, 2.75) is 0 Å². The second-order valence-electron chi connectivity index (χ2n) is 5.46. The lowest BCUT2D eigenvalue weighted by Crippen LogP contribution is -2.28. The van der Waals surface area contributed by atoms with Gasteiger partial charge in [-0.15, -0.1) is 11.3 Å². The molecule has 0 saturated carbocycles. The zero-order valence-electron chi connectivity index (χ0n) is 13.5. The number of para-hydroxylation sites is 2. The van der Waals surface area contributed by atoms with Gasteiger partial charge in [0.05, 0.1) is 20.6 Å². The molecule has 6 heteroatoms. The molecule has 1 aliphatic rings. The molecule has 0 spiro atoms. The highest BCUT2D eigenvalue weighted by Gasteiger charge is 2.34. The van der Waals surface area contributed by atoms with Crippen LogP contribution < -0.4 is 4.90 Å². The quantitative estimate of drug-likeness (QED) is 0.493. The largest absolute Gasteiger partial charge is 0.271 e. The molecule has 4 rings (SSSR count). The first-order valence-electron chi connectivity index (χ1n) is 7.89. The van der Waals surface area contributed by atoms with Gasteiger partial charge in [0.1, 0.15) is 0 Å². The van der Waals surface area contributed by atoms with Crippen LogP contribution in [0.2, 0.25) is 4.34 Å². The van der Waals surface area contributed by atoms with Crippen molar-refractivity contribution < 1.29 is 4.79 Å². The van der Waals surface area contributed by atoms with E-state index in [9.17, 15) is 4.79 Å². The Labute approximate surface area is 164 Å². The first kappa shape index (κ1) is 17.1. The Morgan fingerprint density at radius 2 is 1.62 bits per heavy atom. The number of benzene rings is 2. The van der Waals surface area contributed by atoms with Crippen LogP contribution in [0.15, 0.2) is 82.7 Å².